The summed E-state index contributed by atoms with van der Waals surface area (Å²) in [5, 5.41) is 0. The van der Waals surface area contributed by atoms with Crippen LogP contribution in [0.25, 0.3) is 0 Å². The van der Waals surface area contributed by atoms with Gasteiger partial charge in [-0.2, -0.15) is 0 Å². The number of nitrogens with two attached hydrogens (primary N) is 1. The first-order valence-corrected chi connectivity index (χ1v) is 3.58. The molecule has 0 spiro atoms. The zero-order chi connectivity index (χ0) is 7.61. The van der Waals surface area contributed by atoms with E-state index in [0.717, 1.165) is 13.2 Å². The molecule has 60 valence electrons. The number of rotatable bonds is 3. The Morgan fingerprint density at radius 1 is 1.70 bits per heavy atom. The van der Waals surface area contributed by atoms with Gasteiger partial charge in [0.05, 0.1) is 19.8 Å². The zero-order valence-corrected chi connectivity index (χ0v) is 6.59. The van der Waals surface area contributed by atoms with Crippen molar-refractivity contribution in [1.82, 2.24) is 0 Å². The second-order valence-corrected chi connectivity index (χ2v) is 3.38. The SMILES string of the molecule is CC(CON)C1(C)COC1. The first-order chi connectivity index (χ1) is 4.69. The molecule has 3 heteroatoms. The Morgan fingerprint density at radius 2 is 2.30 bits per heavy atom. The third kappa shape index (κ3) is 1.31. The van der Waals surface area contributed by atoms with E-state index in [9.17, 15) is 0 Å². The van der Waals surface area contributed by atoms with Gasteiger partial charge in [-0.05, 0) is 5.92 Å². The highest BCUT2D eigenvalue weighted by atomic mass is 16.6. The van der Waals surface area contributed by atoms with Gasteiger partial charge in [-0.3, -0.25) is 0 Å². The van der Waals surface area contributed by atoms with Crippen molar-refractivity contribution in [1.29, 1.82) is 0 Å². The average molecular weight is 145 g/mol. The van der Waals surface area contributed by atoms with Crippen molar-refractivity contribution < 1.29 is 9.57 Å². The monoisotopic (exact) mass is 145 g/mol. The van der Waals surface area contributed by atoms with Crippen molar-refractivity contribution in [3.05, 3.63) is 0 Å². The van der Waals surface area contributed by atoms with Crippen LogP contribution in [0.4, 0.5) is 0 Å². The molecule has 0 radical (unpaired) electrons. The third-order valence-electron chi connectivity index (χ3n) is 2.40. The Hall–Kier alpha value is -0.120. The molecule has 0 aromatic rings. The Kier molecular flexibility index (Phi) is 2.28. The van der Waals surface area contributed by atoms with Gasteiger partial charge in [0.25, 0.3) is 0 Å². The Morgan fingerprint density at radius 3 is 2.60 bits per heavy atom. The summed E-state index contributed by atoms with van der Waals surface area (Å²) in [6.45, 7) is 6.64. The fraction of sp³-hybridized carbons (Fsp3) is 1.00. The van der Waals surface area contributed by atoms with Crippen LogP contribution in [0.3, 0.4) is 0 Å². The standard InChI is InChI=1S/C7H15NO2/c1-6(3-10-8)7(2)4-9-5-7/h6H,3-5,8H2,1-2H3. The van der Waals surface area contributed by atoms with E-state index in [0.29, 0.717) is 17.9 Å². The molecular weight excluding hydrogens is 130 g/mol. The van der Waals surface area contributed by atoms with Crippen LogP contribution in [0.15, 0.2) is 0 Å². The van der Waals surface area contributed by atoms with E-state index in [1.165, 1.54) is 0 Å². The summed E-state index contributed by atoms with van der Waals surface area (Å²) < 4.78 is 5.11. The summed E-state index contributed by atoms with van der Waals surface area (Å²) in [6.07, 6.45) is 0. The second-order valence-electron chi connectivity index (χ2n) is 3.38. The van der Waals surface area contributed by atoms with E-state index in [1.807, 2.05) is 0 Å². The van der Waals surface area contributed by atoms with E-state index in [1.54, 1.807) is 0 Å². The molecule has 1 aliphatic heterocycles. The molecule has 0 saturated carbocycles. The van der Waals surface area contributed by atoms with E-state index in [2.05, 4.69) is 18.7 Å². The van der Waals surface area contributed by atoms with Gasteiger partial charge < -0.3 is 9.57 Å². The molecule has 1 atom stereocenters. The lowest BCUT2D eigenvalue weighted by Gasteiger charge is -2.42. The molecule has 0 aromatic heterocycles. The lowest BCUT2D eigenvalue weighted by atomic mass is 9.77. The maximum Gasteiger partial charge on any atom is 0.0711 e. The predicted molar refractivity (Wildman–Crippen MR) is 38.2 cm³/mol. The van der Waals surface area contributed by atoms with Crippen LogP contribution in [0.2, 0.25) is 0 Å². The quantitative estimate of drug-likeness (QED) is 0.590. The molecule has 1 unspecified atom stereocenters. The largest absolute Gasteiger partial charge is 0.380 e. The summed E-state index contributed by atoms with van der Waals surface area (Å²) in [4.78, 5) is 4.57. The molecule has 1 saturated heterocycles. The average Bonchev–Trinajstić information content (AvgIpc) is 1.83. The fourth-order valence-electron chi connectivity index (χ4n) is 1.05. The summed E-state index contributed by atoms with van der Waals surface area (Å²) >= 11 is 0. The second kappa shape index (κ2) is 2.86. The minimum atomic E-state index is 0.305. The van der Waals surface area contributed by atoms with Crippen molar-refractivity contribution in [2.45, 2.75) is 13.8 Å². The van der Waals surface area contributed by atoms with Crippen molar-refractivity contribution in [2.75, 3.05) is 19.8 Å². The minimum Gasteiger partial charge on any atom is -0.380 e. The van der Waals surface area contributed by atoms with Crippen LogP contribution in [0.1, 0.15) is 13.8 Å². The minimum absolute atomic E-state index is 0.305. The smallest absolute Gasteiger partial charge is 0.0711 e. The van der Waals surface area contributed by atoms with Gasteiger partial charge in [-0.25, -0.2) is 5.90 Å². The topological polar surface area (TPSA) is 44.5 Å². The van der Waals surface area contributed by atoms with Gasteiger partial charge in [0, 0.05) is 5.41 Å². The van der Waals surface area contributed by atoms with E-state index >= 15 is 0 Å². The molecular formula is C7H15NO2. The third-order valence-corrected chi connectivity index (χ3v) is 2.40. The van der Waals surface area contributed by atoms with Crippen LogP contribution in [0, 0.1) is 11.3 Å². The highest BCUT2D eigenvalue weighted by molar-refractivity contribution is 4.85. The maximum atomic E-state index is 5.11. The lowest BCUT2D eigenvalue weighted by Crippen LogP contribution is -2.46. The van der Waals surface area contributed by atoms with Gasteiger partial charge in [-0.1, -0.05) is 13.8 Å². The normalized spacial score (nSPS) is 25.5. The lowest BCUT2D eigenvalue weighted by molar-refractivity contribution is -0.143. The highest BCUT2D eigenvalue weighted by Gasteiger charge is 2.38. The molecule has 3 nitrogen and oxygen atoms in total. The van der Waals surface area contributed by atoms with E-state index < -0.39 is 0 Å². The van der Waals surface area contributed by atoms with Crippen LogP contribution in [-0.4, -0.2) is 19.8 Å². The Bertz CT molecular complexity index is 112. The maximum absolute atomic E-state index is 5.11. The summed E-state index contributed by atoms with van der Waals surface area (Å²) in [6, 6.07) is 0. The number of hydrogen-bond donors (Lipinski definition) is 1. The van der Waals surface area contributed by atoms with E-state index in [4.69, 9.17) is 10.6 Å². The first-order valence-electron chi connectivity index (χ1n) is 3.58. The molecule has 1 fully saturated rings. The first kappa shape index (κ1) is 7.98. The van der Waals surface area contributed by atoms with Gasteiger partial charge in [-0.15, -0.1) is 0 Å². The van der Waals surface area contributed by atoms with Crippen LogP contribution < -0.4 is 5.90 Å². The van der Waals surface area contributed by atoms with Crippen molar-refractivity contribution in [3.63, 3.8) is 0 Å². The molecule has 10 heavy (non-hydrogen) atoms. The zero-order valence-electron chi connectivity index (χ0n) is 6.59. The number of ether oxygens (including phenoxy) is 1. The number of hydrogen-bond acceptors (Lipinski definition) is 3. The summed E-state index contributed by atoms with van der Waals surface area (Å²) in [7, 11) is 0. The van der Waals surface area contributed by atoms with Crippen molar-refractivity contribution >= 4 is 0 Å². The van der Waals surface area contributed by atoms with Crippen molar-refractivity contribution in [2.24, 2.45) is 17.2 Å². The fourth-order valence-corrected chi connectivity index (χ4v) is 1.05. The molecule has 2 N–H and O–H groups in total. The molecule has 0 aromatic carbocycles. The van der Waals surface area contributed by atoms with Gasteiger partial charge >= 0.3 is 0 Å². The molecule has 0 amide bonds. The van der Waals surface area contributed by atoms with Gasteiger partial charge in [0.2, 0.25) is 0 Å². The van der Waals surface area contributed by atoms with Crippen molar-refractivity contribution in [3.8, 4) is 0 Å². The Labute approximate surface area is 61.4 Å². The highest BCUT2D eigenvalue weighted by Crippen LogP contribution is 2.34. The molecule has 0 bridgehead atoms. The van der Waals surface area contributed by atoms with Crippen LogP contribution >= 0.6 is 0 Å². The van der Waals surface area contributed by atoms with E-state index in [-0.39, 0.29) is 0 Å². The van der Waals surface area contributed by atoms with Crippen LogP contribution in [0.5, 0.6) is 0 Å². The summed E-state index contributed by atoms with van der Waals surface area (Å²) in [5.41, 5.74) is 0.305. The molecule has 1 aliphatic rings. The molecule has 0 aliphatic carbocycles. The van der Waals surface area contributed by atoms with Gasteiger partial charge in [0.1, 0.15) is 0 Å². The Balaban J connectivity index is 2.31. The predicted octanol–water partition coefficient (Wildman–Crippen LogP) is 0.549. The summed E-state index contributed by atoms with van der Waals surface area (Å²) in [5.74, 6) is 5.46. The van der Waals surface area contributed by atoms with Crippen LogP contribution in [-0.2, 0) is 9.57 Å². The molecule has 1 heterocycles. The van der Waals surface area contributed by atoms with Gasteiger partial charge in [0.15, 0.2) is 0 Å². The molecule has 1 rings (SSSR count).